The van der Waals surface area contributed by atoms with Crippen molar-refractivity contribution in [2.45, 2.75) is 6.54 Å². The predicted octanol–water partition coefficient (Wildman–Crippen LogP) is 4.58. The third-order valence-electron chi connectivity index (χ3n) is 2.62. The number of carbonyl (C=O) groups is 1. The fraction of sp³-hybridized carbons (Fsp3) is 0.154. The first-order valence-electron chi connectivity index (χ1n) is 5.41. The van der Waals surface area contributed by atoms with Crippen LogP contribution in [0.4, 0.5) is 4.39 Å². The molecule has 0 saturated heterocycles. The summed E-state index contributed by atoms with van der Waals surface area (Å²) in [6.45, 7) is 0.137. The van der Waals surface area contributed by atoms with E-state index in [2.05, 4.69) is 15.9 Å². The molecular formula is C13H10BrClFNOS. The second-order valence-corrected chi connectivity index (χ2v) is 6.70. The third kappa shape index (κ3) is 3.35. The molecule has 0 fully saturated rings. The van der Waals surface area contributed by atoms with Crippen LogP contribution in [0.25, 0.3) is 0 Å². The Bertz CT molecular complexity index is 596. The van der Waals surface area contributed by atoms with Crippen LogP contribution in [0.3, 0.4) is 0 Å². The summed E-state index contributed by atoms with van der Waals surface area (Å²) in [4.78, 5) is 13.6. The molecule has 2 nitrogen and oxygen atoms in total. The fourth-order valence-electron chi connectivity index (χ4n) is 1.63. The van der Waals surface area contributed by atoms with Gasteiger partial charge in [0, 0.05) is 29.6 Å². The van der Waals surface area contributed by atoms with Gasteiger partial charge in [-0.05, 0) is 34.1 Å². The maximum absolute atomic E-state index is 13.7. The topological polar surface area (TPSA) is 20.3 Å². The Morgan fingerprint density at radius 2 is 2.26 bits per heavy atom. The summed E-state index contributed by atoms with van der Waals surface area (Å²) in [6, 6.07) is 6.23. The quantitative estimate of drug-likeness (QED) is 0.783. The van der Waals surface area contributed by atoms with Gasteiger partial charge in [0.15, 0.2) is 0 Å². The van der Waals surface area contributed by atoms with Crippen molar-refractivity contribution < 1.29 is 9.18 Å². The molecular weight excluding hydrogens is 353 g/mol. The van der Waals surface area contributed by atoms with E-state index in [0.29, 0.717) is 16.1 Å². The van der Waals surface area contributed by atoms with Gasteiger partial charge >= 0.3 is 0 Å². The van der Waals surface area contributed by atoms with Gasteiger partial charge in [0.1, 0.15) is 5.82 Å². The molecule has 1 aromatic carbocycles. The first kappa shape index (κ1) is 14.5. The number of thiophene rings is 1. The summed E-state index contributed by atoms with van der Waals surface area (Å²) in [5.41, 5.74) is 0.904. The van der Waals surface area contributed by atoms with Crippen LogP contribution in [0.15, 0.2) is 33.4 Å². The SMILES string of the molecule is CN(Cc1c(F)cccc1Cl)C(=O)c1csc(Br)c1. The molecule has 1 heterocycles. The van der Waals surface area contributed by atoms with Crippen molar-refractivity contribution in [3.63, 3.8) is 0 Å². The van der Waals surface area contributed by atoms with E-state index in [1.165, 1.54) is 22.3 Å². The number of benzene rings is 1. The lowest BCUT2D eigenvalue weighted by atomic mass is 10.2. The summed E-state index contributed by atoms with van der Waals surface area (Å²) in [7, 11) is 1.62. The Hall–Kier alpha value is -0.910. The molecule has 0 spiro atoms. The molecule has 0 aliphatic carbocycles. The minimum atomic E-state index is -0.404. The second-order valence-electron chi connectivity index (χ2n) is 4.00. The molecule has 2 aromatic rings. The van der Waals surface area contributed by atoms with Gasteiger partial charge in [-0.3, -0.25) is 4.79 Å². The number of amides is 1. The summed E-state index contributed by atoms with van der Waals surface area (Å²) in [6.07, 6.45) is 0. The molecule has 1 aromatic heterocycles. The van der Waals surface area contributed by atoms with Crippen molar-refractivity contribution in [1.82, 2.24) is 4.90 Å². The number of halogens is 3. The Morgan fingerprint density at radius 3 is 2.84 bits per heavy atom. The highest BCUT2D eigenvalue weighted by Crippen LogP contribution is 2.24. The zero-order valence-corrected chi connectivity index (χ0v) is 13.1. The van der Waals surface area contributed by atoms with Crippen LogP contribution >= 0.6 is 38.9 Å². The normalized spacial score (nSPS) is 10.5. The van der Waals surface area contributed by atoms with Crippen molar-refractivity contribution >= 4 is 44.8 Å². The van der Waals surface area contributed by atoms with Gasteiger partial charge in [0.2, 0.25) is 0 Å². The first-order valence-corrected chi connectivity index (χ1v) is 7.46. The van der Waals surface area contributed by atoms with E-state index in [4.69, 9.17) is 11.6 Å². The van der Waals surface area contributed by atoms with Crippen molar-refractivity contribution in [1.29, 1.82) is 0 Å². The van der Waals surface area contributed by atoms with E-state index in [9.17, 15) is 9.18 Å². The van der Waals surface area contributed by atoms with Crippen LogP contribution in [0.1, 0.15) is 15.9 Å². The Morgan fingerprint density at radius 1 is 1.53 bits per heavy atom. The molecule has 0 N–H and O–H groups in total. The molecule has 0 bridgehead atoms. The highest BCUT2D eigenvalue weighted by Gasteiger charge is 2.16. The Kier molecular flexibility index (Phi) is 4.60. The van der Waals surface area contributed by atoms with Gasteiger partial charge in [-0.2, -0.15) is 0 Å². The molecule has 0 unspecified atom stereocenters. The van der Waals surface area contributed by atoms with E-state index in [1.54, 1.807) is 30.6 Å². The molecule has 100 valence electrons. The molecule has 2 rings (SSSR count). The zero-order valence-electron chi connectivity index (χ0n) is 9.99. The minimum absolute atomic E-state index is 0.137. The molecule has 0 saturated carbocycles. The zero-order chi connectivity index (χ0) is 14.0. The summed E-state index contributed by atoms with van der Waals surface area (Å²) >= 11 is 10.7. The van der Waals surface area contributed by atoms with E-state index in [1.807, 2.05) is 0 Å². The van der Waals surface area contributed by atoms with Gasteiger partial charge in [-0.1, -0.05) is 17.7 Å². The molecule has 0 radical (unpaired) electrons. The third-order valence-corrected chi connectivity index (χ3v) is 4.48. The first-order chi connectivity index (χ1) is 8.99. The number of carbonyl (C=O) groups excluding carboxylic acids is 1. The smallest absolute Gasteiger partial charge is 0.254 e. The van der Waals surface area contributed by atoms with Crippen molar-refractivity contribution in [2.24, 2.45) is 0 Å². The number of rotatable bonds is 3. The Balaban J connectivity index is 2.17. The Labute approximate surface area is 127 Å². The summed E-state index contributed by atoms with van der Waals surface area (Å²) in [5.74, 6) is -0.570. The molecule has 6 heteroatoms. The summed E-state index contributed by atoms with van der Waals surface area (Å²) < 4.78 is 14.5. The lowest BCUT2D eigenvalue weighted by molar-refractivity contribution is 0.0784. The van der Waals surface area contributed by atoms with Gasteiger partial charge in [-0.15, -0.1) is 11.3 Å². The number of hydrogen-bond acceptors (Lipinski definition) is 2. The lowest BCUT2D eigenvalue weighted by Gasteiger charge is -2.17. The number of hydrogen-bond donors (Lipinski definition) is 0. The largest absolute Gasteiger partial charge is 0.337 e. The average molecular weight is 363 g/mol. The summed E-state index contributed by atoms with van der Waals surface area (Å²) in [5, 5.41) is 2.08. The van der Waals surface area contributed by atoms with Crippen LogP contribution in [-0.2, 0) is 6.54 Å². The van der Waals surface area contributed by atoms with Crippen LogP contribution in [0, 0.1) is 5.82 Å². The molecule has 0 aliphatic rings. The van der Waals surface area contributed by atoms with Crippen LogP contribution < -0.4 is 0 Å². The van der Waals surface area contributed by atoms with E-state index >= 15 is 0 Å². The van der Waals surface area contributed by atoms with Crippen LogP contribution in [0.5, 0.6) is 0 Å². The van der Waals surface area contributed by atoms with Gasteiger partial charge in [0.25, 0.3) is 5.91 Å². The van der Waals surface area contributed by atoms with Crippen LogP contribution in [-0.4, -0.2) is 17.9 Å². The minimum Gasteiger partial charge on any atom is -0.337 e. The second kappa shape index (κ2) is 6.03. The molecule has 19 heavy (non-hydrogen) atoms. The van der Waals surface area contributed by atoms with Gasteiger partial charge in [-0.25, -0.2) is 4.39 Å². The predicted molar refractivity (Wildman–Crippen MR) is 79.2 cm³/mol. The fourth-order valence-corrected chi connectivity index (χ4v) is 2.99. The highest BCUT2D eigenvalue weighted by atomic mass is 79.9. The van der Waals surface area contributed by atoms with Crippen LogP contribution in [0.2, 0.25) is 5.02 Å². The standard InChI is InChI=1S/C13H10BrClFNOS/c1-17(13(18)8-5-12(14)19-7-8)6-9-10(15)3-2-4-11(9)16/h2-5,7H,6H2,1H3. The molecule has 0 aliphatic heterocycles. The van der Waals surface area contributed by atoms with Crippen molar-refractivity contribution in [3.8, 4) is 0 Å². The lowest BCUT2D eigenvalue weighted by Crippen LogP contribution is -2.26. The maximum atomic E-state index is 13.7. The maximum Gasteiger partial charge on any atom is 0.254 e. The van der Waals surface area contributed by atoms with Crippen molar-refractivity contribution in [3.05, 3.63) is 55.4 Å². The highest BCUT2D eigenvalue weighted by molar-refractivity contribution is 9.11. The van der Waals surface area contributed by atoms with Gasteiger partial charge in [0.05, 0.1) is 9.35 Å². The van der Waals surface area contributed by atoms with E-state index in [-0.39, 0.29) is 12.5 Å². The monoisotopic (exact) mass is 361 g/mol. The average Bonchev–Trinajstić information content (AvgIpc) is 2.79. The molecule has 0 atom stereocenters. The van der Waals surface area contributed by atoms with Crippen molar-refractivity contribution in [2.75, 3.05) is 7.05 Å². The molecule has 1 amide bonds. The van der Waals surface area contributed by atoms with E-state index in [0.717, 1.165) is 3.79 Å². The number of nitrogens with zero attached hydrogens (tertiary/aromatic N) is 1. The van der Waals surface area contributed by atoms with Gasteiger partial charge < -0.3 is 4.90 Å². The van der Waals surface area contributed by atoms with E-state index < -0.39 is 5.82 Å².